The Labute approximate surface area is 422 Å². The second-order valence-corrected chi connectivity index (χ2v) is 12.1. The molecule has 0 bridgehead atoms. The van der Waals surface area contributed by atoms with Gasteiger partial charge >= 0.3 is 131 Å². The Bertz CT molecular complexity index is 1240. The Hall–Kier alpha value is -5.00. The van der Waals surface area contributed by atoms with Crippen LogP contribution >= 0.6 is 12.4 Å². The normalized spacial score (nSPS) is 9.85. The van der Waals surface area contributed by atoms with Crippen LogP contribution < -0.4 is 59.1 Å². The molecule has 0 aliphatic rings. The van der Waals surface area contributed by atoms with Crippen molar-refractivity contribution in [2.24, 2.45) is 0 Å². The van der Waals surface area contributed by atoms with Gasteiger partial charge in [0.25, 0.3) is 0 Å². The molecule has 0 aliphatic carbocycles. The molecule has 0 spiro atoms. The molecule has 0 aromatic carbocycles. The molecular formula is C30H49ClN9Na2O24+. The monoisotopic (exact) mass is 1000 g/mol. The first-order chi connectivity index (χ1) is 29.0. The van der Waals surface area contributed by atoms with E-state index in [1.54, 1.807) is 0 Å². The van der Waals surface area contributed by atoms with Crippen molar-refractivity contribution in [2.45, 2.75) is 0 Å². The molecule has 66 heavy (non-hydrogen) atoms. The number of hydrogen-bond donors (Lipinski definition) is 12. The van der Waals surface area contributed by atoms with E-state index in [2.05, 4.69) is 0 Å². The maximum Gasteiger partial charge on any atom is 1.00 e. The van der Waals surface area contributed by atoms with Crippen molar-refractivity contribution >= 4 is 84.0 Å². The Morgan fingerprint density at radius 2 is 0.318 bits per heavy atom. The van der Waals surface area contributed by atoms with Crippen molar-refractivity contribution < 1.29 is 178 Å². The molecular weight excluding hydrogens is 952 g/mol. The number of rotatable bonds is 33. The van der Waals surface area contributed by atoms with Crippen LogP contribution in [0.1, 0.15) is 0 Å². The minimum absolute atomic E-state index is 0. The molecule has 0 fully saturated rings. The minimum Gasteiger partial charge on any atom is -0.480 e. The van der Waals surface area contributed by atoms with Crippen molar-refractivity contribution in [2.75, 3.05) is 118 Å². The van der Waals surface area contributed by atoms with Gasteiger partial charge in [0.2, 0.25) is 0 Å². The Balaban J connectivity index is -0.000000150. The smallest absolute Gasteiger partial charge is 0.480 e. The van der Waals surface area contributed by atoms with Crippen molar-refractivity contribution in [3.8, 4) is 0 Å². The predicted octanol–water partition coefficient (Wildman–Crippen LogP) is -10.9. The van der Waals surface area contributed by atoms with Crippen molar-refractivity contribution in [3.63, 3.8) is 0 Å². The summed E-state index contributed by atoms with van der Waals surface area (Å²) in [6.07, 6.45) is 0. The van der Waals surface area contributed by atoms with Crippen molar-refractivity contribution in [3.05, 3.63) is 16.0 Å². The zero-order chi connectivity index (χ0) is 49.8. The number of nitrogens with zero attached hydrogens (tertiary/aromatic N) is 9. The third-order valence-corrected chi connectivity index (χ3v) is 6.50. The summed E-state index contributed by atoms with van der Waals surface area (Å²) in [6.45, 7) is -6.75. The molecule has 0 radical (unpaired) electrons. The molecule has 0 aromatic heterocycles. The summed E-state index contributed by atoms with van der Waals surface area (Å²) in [6, 6.07) is 0. The number of carboxylic acid groups (broad SMARTS) is 12. The molecule has 0 aliphatic heterocycles. The van der Waals surface area contributed by atoms with Crippen LogP contribution in [0.3, 0.4) is 0 Å². The van der Waals surface area contributed by atoms with E-state index >= 15 is 0 Å². The fraction of sp³-hybridized carbons (Fsp3) is 0.600. The van der Waals surface area contributed by atoms with Crippen LogP contribution in [0.2, 0.25) is 0 Å². The number of carboxylic acids is 12. The van der Waals surface area contributed by atoms with E-state index in [0.29, 0.717) is 0 Å². The average Bonchev–Trinajstić information content (AvgIpc) is 3.06. The van der Waals surface area contributed by atoms with E-state index in [4.69, 9.17) is 72.3 Å². The standard InChI is InChI=1S/3C10H16N2O8.ClH.N3.2Na/c3*13-7(14)3-11(4-8(15)16)1-2-12(5-9(17)18)6-10(19)20;;1-3-2;;/h3*1-6H2,(H,13,14)(H,15,16)(H,17,18)(H,19,20);1H;;;/q;;;;-1;2*+1. The van der Waals surface area contributed by atoms with Crippen molar-refractivity contribution in [1.29, 1.82) is 0 Å². The summed E-state index contributed by atoms with van der Waals surface area (Å²) in [5.74, 6) is -14.7. The number of halogens is 1. The largest absolute Gasteiger partial charge is 1.00 e. The third-order valence-electron chi connectivity index (χ3n) is 6.50. The molecule has 0 saturated heterocycles. The Kier molecular flexibility index (Phi) is 51.5. The maximum atomic E-state index is 10.6. The molecule has 0 amide bonds. The van der Waals surface area contributed by atoms with Gasteiger partial charge in [0, 0.05) is 39.3 Å². The summed E-state index contributed by atoms with van der Waals surface area (Å²) in [5, 5.41) is 103. The molecule has 36 heteroatoms. The first-order valence-corrected chi connectivity index (χ1v) is 17.0. The summed E-state index contributed by atoms with van der Waals surface area (Å²) >= 11 is 0. The van der Waals surface area contributed by atoms with Crippen LogP contribution in [-0.4, -0.2) is 280 Å². The van der Waals surface area contributed by atoms with Gasteiger partial charge in [0.05, 0.1) is 78.5 Å². The van der Waals surface area contributed by atoms with E-state index in [1.165, 1.54) is 4.91 Å². The number of hydrogen-bond acceptors (Lipinski definition) is 18. The zero-order valence-corrected chi connectivity index (χ0v) is 40.2. The van der Waals surface area contributed by atoms with Gasteiger partial charge in [-0.3, -0.25) is 91.8 Å². The van der Waals surface area contributed by atoms with Crippen molar-refractivity contribution in [1.82, 2.24) is 29.4 Å². The summed E-state index contributed by atoms with van der Waals surface area (Å²) < 4.78 is 0. The Morgan fingerprint density at radius 3 is 0.364 bits per heavy atom. The fourth-order valence-corrected chi connectivity index (χ4v) is 4.43. The van der Waals surface area contributed by atoms with E-state index < -0.39 is 150 Å². The summed E-state index contributed by atoms with van der Waals surface area (Å²) in [5.41, 5.74) is 13.5. The number of carbonyl (C=O) groups is 12. The van der Waals surface area contributed by atoms with Crippen LogP contribution in [0.15, 0.2) is 0 Å². The van der Waals surface area contributed by atoms with Gasteiger partial charge in [-0.2, -0.15) is 0 Å². The average molecular weight is 1000 g/mol. The second-order valence-electron chi connectivity index (χ2n) is 12.1. The first kappa shape index (κ1) is 75.3. The molecule has 366 valence electrons. The van der Waals surface area contributed by atoms with Crippen LogP contribution in [0.25, 0.3) is 16.0 Å². The molecule has 0 rings (SSSR count). The molecule has 0 aromatic rings. The van der Waals surface area contributed by atoms with E-state index in [-0.39, 0.29) is 111 Å². The van der Waals surface area contributed by atoms with Gasteiger partial charge in [0.15, 0.2) is 0 Å². The van der Waals surface area contributed by atoms with Crippen LogP contribution in [0.5, 0.6) is 0 Å². The molecule has 33 nitrogen and oxygen atoms in total. The van der Waals surface area contributed by atoms with Gasteiger partial charge in [-0.25, -0.2) is 0 Å². The SMILES string of the molecule is Cl.O=C(O)CN(CCN(CC(=O)O)CC(=O)O)CC(=O)O.O=C(O)CN(CCN(CC(=O)O)CC(=O)O)CC(=O)O.O=C(O)CN(CCN(CC(=O)O)CC(=O)O)CC(=O)O.[N-]=[N+]=[N-].[Na+].[Na+]. The molecule has 0 atom stereocenters. The van der Waals surface area contributed by atoms with E-state index in [0.717, 1.165) is 29.4 Å². The predicted molar refractivity (Wildman–Crippen MR) is 208 cm³/mol. The van der Waals surface area contributed by atoms with Crippen LogP contribution in [-0.2, 0) is 57.5 Å². The van der Waals surface area contributed by atoms with Gasteiger partial charge < -0.3 is 72.3 Å². The Morgan fingerprint density at radius 1 is 0.258 bits per heavy atom. The third kappa shape index (κ3) is 59.0. The summed E-state index contributed by atoms with van der Waals surface area (Å²) in [7, 11) is 0. The fourth-order valence-electron chi connectivity index (χ4n) is 4.43. The first-order valence-electron chi connectivity index (χ1n) is 17.0. The van der Waals surface area contributed by atoms with E-state index in [1.807, 2.05) is 0 Å². The van der Waals surface area contributed by atoms with Gasteiger partial charge in [-0.15, -0.1) is 12.4 Å². The molecule has 0 unspecified atom stereocenters. The van der Waals surface area contributed by atoms with E-state index in [9.17, 15) is 57.5 Å². The molecule has 12 N–H and O–H groups in total. The topological polar surface area (TPSA) is 526 Å². The molecule has 0 heterocycles. The van der Waals surface area contributed by atoms with Gasteiger partial charge in [0.1, 0.15) is 0 Å². The minimum atomic E-state index is -1.23. The zero-order valence-electron chi connectivity index (χ0n) is 35.4. The number of aliphatic carboxylic acids is 12. The molecule has 0 saturated carbocycles. The quantitative estimate of drug-likeness (QED) is 0.0126. The van der Waals surface area contributed by atoms with Crippen LogP contribution in [0.4, 0.5) is 0 Å². The van der Waals surface area contributed by atoms with Gasteiger partial charge in [-0.1, -0.05) is 0 Å². The summed E-state index contributed by atoms with van der Waals surface area (Å²) in [4.78, 5) is 135. The van der Waals surface area contributed by atoms with Gasteiger partial charge in [-0.05, 0) is 0 Å². The second kappa shape index (κ2) is 45.2. The maximum absolute atomic E-state index is 10.6. The van der Waals surface area contributed by atoms with Crippen LogP contribution in [0, 0.1) is 0 Å².